The molecule has 1 aromatic rings. The van der Waals surface area contributed by atoms with Crippen molar-refractivity contribution in [3.63, 3.8) is 0 Å². The van der Waals surface area contributed by atoms with Crippen molar-refractivity contribution in [3.05, 3.63) is 33.2 Å². The van der Waals surface area contributed by atoms with Crippen LogP contribution < -0.4 is 10.9 Å². The highest BCUT2D eigenvalue weighted by atomic mass is 35.5. The van der Waals surface area contributed by atoms with E-state index in [2.05, 4.69) is 16.5 Å². The molecule has 1 aromatic heterocycles. The minimum absolute atomic E-state index is 0.0152. The highest BCUT2D eigenvalue weighted by Gasteiger charge is 2.11. The molecule has 5 heteroatoms. The Morgan fingerprint density at radius 3 is 2.90 bits per heavy atom. The van der Waals surface area contributed by atoms with Crippen LogP contribution in [0.3, 0.4) is 0 Å². The minimum Gasteiger partial charge on any atom is -0.382 e. The van der Waals surface area contributed by atoms with Gasteiger partial charge in [-0.05, 0) is 46.0 Å². The Balaban J connectivity index is 1.98. The van der Waals surface area contributed by atoms with Crippen molar-refractivity contribution in [2.75, 3.05) is 11.9 Å². The van der Waals surface area contributed by atoms with Gasteiger partial charge in [0.2, 0.25) is 0 Å². The number of aromatic nitrogens is 2. The molecule has 0 unspecified atom stereocenters. The zero-order valence-corrected chi connectivity index (χ0v) is 12.9. The molecule has 0 fully saturated rings. The lowest BCUT2D eigenvalue weighted by Crippen LogP contribution is -2.25. The maximum atomic E-state index is 12.0. The fraction of sp³-hybridized carbons (Fsp3) is 0.600. The van der Waals surface area contributed by atoms with Gasteiger partial charge in [-0.1, -0.05) is 23.3 Å². The van der Waals surface area contributed by atoms with E-state index in [1.807, 2.05) is 13.8 Å². The molecule has 1 aliphatic rings. The van der Waals surface area contributed by atoms with Gasteiger partial charge < -0.3 is 5.32 Å². The monoisotopic (exact) mass is 295 g/mol. The first-order chi connectivity index (χ1) is 9.59. The zero-order valence-electron chi connectivity index (χ0n) is 12.2. The Morgan fingerprint density at radius 2 is 2.25 bits per heavy atom. The summed E-state index contributed by atoms with van der Waals surface area (Å²) in [5, 5.41) is 7.59. The number of hydrogen-bond donors (Lipinski definition) is 1. The van der Waals surface area contributed by atoms with E-state index in [0.717, 1.165) is 13.0 Å². The van der Waals surface area contributed by atoms with Crippen LogP contribution in [-0.4, -0.2) is 16.3 Å². The third kappa shape index (κ3) is 3.63. The fourth-order valence-corrected chi connectivity index (χ4v) is 2.63. The first-order valence-electron chi connectivity index (χ1n) is 7.28. The number of hydrogen-bond acceptors (Lipinski definition) is 3. The van der Waals surface area contributed by atoms with E-state index in [9.17, 15) is 4.79 Å². The zero-order chi connectivity index (χ0) is 14.5. The Morgan fingerprint density at radius 1 is 1.45 bits per heavy atom. The van der Waals surface area contributed by atoms with E-state index < -0.39 is 0 Å². The summed E-state index contributed by atoms with van der Waals surface area (Å²) in [6.07, 6.45) is 9.97. The van der Waals surface area contributed by atoms with E-state index in [1.54, 1.807) is 6.20 Å². The van der Waals surface area contributed by atoms with Gasteiger partial charge in [-0.15, -0.1) is 0 Å². The summed E-state index contributed by atoms with van der Waals surface area (Å²) in [6, 6.07) is 0.0152. The third-order valence-corrected chi connectivity index (χ3v) is 3.94. The van der Waals surface area contributed by atoms with Crippen LogP contribution >= 0.6 is 11.6 Å². The number of halogens is 1. The van der Waals surface area contributed by atoms with Crippen LogP contribution in [0.25, 0.3) is 0 Å². The molecule has 1 heterocycles. The largest absolute Gasteiger partial charge is 0.382 e. The smallest absolute Gasteiger partial charge is 0.287 e. The van der Waals surface area contributed by atoms with Gasteiger partial charge in [-0.2, -0.15) is 5.10 Å². The molecular weight excluding hydrogens is 274 g/mol. The minimum atomic E-state index is -0.233. The van der Waals surface area contributed by atoms with Gasteiger partial charge in [0.25, 0.3) is 5.56 Å². The lowest BCUT2D eigenvalue weighted by molar-refractivity contribution is 0.503. The van der Waals surface area contributed by atoms with E-state index in [-0.39, 0.29) is 16.6 Å². The third-order valence-electron chi connectivity index (χ3n) is 3.58. The van der Waals surface area contributed by atoms with Gasteiger partial charge >= 0.3 is 0 Å². The highest BCUT2D eigenvalue weighted by Crippen LogP contribution is 2.21. The number of allylic oxidation sites excluding steroid dienone is 1. The van der Waals surface area contributed by atoms with Crippen LogP contribution in [0.4, 0.5) is 5.69 Å². The second-order valence-electron chi connectivity index (χ2n) is 5.50. The quantitative estimate of drug-likeness (QED) is 0.841. The molecule has 0 bridgehead atoms. The topological polar surface area (TPSA) is 46.9 Å². The Labute approximate surface area is 124 Å². The number of rotatable bonds is 5. The molecule has 20 heavy (non-hydrogen) atoms. The van der Waals surface area contributed by atoms with E-state index in [1.165, 1.54) is 35.9 Å². The molecule has 0 aliphatic heterocycles. The molecule has 0 aromatic carbocycles. The van der Waals surface area contributed by atoms with Crippen molar-refractivity contribution in [2.24, 2.45) is 0 Å². The Hall–Kier alpha value is -1.29. The van der Waals surface area contributed by atoms with Crippen molar-refractivity contribution < 1.29 is 0 Å². The van der Waals surface area contributed by atoms with Crippen LogP contribution in [0.15, 0.2) is 22.6 Å². The maximum Gasteiger partial charge on any atom is 0.287 e. The Kier molecular flexibility index (Phi) is 5.24. The van der Waals surface area contributed by atoms with Crippen molar-refractivity contribution in [1.82, 2.24) is 9.78 Å². The van der Waals surface area contributed by atoms with Gasteiger partial charge in [-0.3, -0.25) is 4.79 Å². The van der Waals surface area contributed by atoms with Crippen LogP contribution in [-0.2, 0) is 0 Å². The summed E-state index contributed by atoms with van der Waals surface area (Å²) in [5.41, 5.74) is 1.90. The molecule has 0 saturated carbocycles. The molecule has 110 valence electrons. The standard InChI is InChI=1S/C15H22ClN3O/c1-11(2)19-15(20)14(16)13(10-18-19)17-9-8-12-6-4-3-5-7-12/h6,10-11,17H,3-5,7-9H2,1-2H3. The molecule has 0 saturated heterocycles. The number of nitrogens with zero attached hydrogens (tertiary/aromatic N) is 2. The van der Waals surface area contributed by atoms with E-state index in [4.69, 9.17) is 11.6 Å². The predicted molar refractivity (Wildman–Crippen MR) is 83.5 cm³/mol. The number of nitrogens with one attached hydrogen (secondary N) is 1. The van der Waals surface area contributed by atoms with Gasteiger partial charge in [-0.25, -0.2) is 4.68 Å². The summed E-state index contributed by atoms with van der Waals surface area (Å²) < 4.78 is 1.40. The average Bonchev–Trinajstić information content (AvgIpc) is 2.44. The average molecular weight is 296 g/mol. The van der Waals surface area contributed by atoms with Crippen LogP contribution in [0.1, 0.15) is 52.0 Å². The lowest BCUT2D eigenvalue weighted by atomic mass is 9.97. The second kappa shape index (κ2) is 6.93. The summed E-state index contributed by atoms with van der Waals surface area (Å²) in [6.45, 7) is 4.61. The molecule has 1 aliphatic carbocycles. The lowest BCUT2D eigenvalue weighted by Gasteiger charge is -2.15. The molecule has 0 amide bonds. The van der Waals surface area contributed by atoms with Crippen molar-refractivity contribution in [1.29, 1.82) is 0 Å². The van der Waals surface area contributed by atoms with E-state index in [0.29, 0.717) is 5.69 Å². The summed E-state index contributed by atoms with van der Waals surface area (Å²) in [4.78, 5) is 12.0. The maximum absolute atomic E-state index is 12.0. The number of anilines is 1. The molecule has 0 atom stereocenters. The Bertz CT molecular complexity index is 549. The van der Waals surface area contributed by atoms with E-state index >= 15 is 0 Å². The van der Waals surface area contributed by atoms with Gasteiger partial charge in [0.15, 0.2) is 0 Å². The normalized spacial score (nSPS) is 15.3. The summed E-state index contributed by atoms with van der Waals surface area (Å²) in [7, 11) is 0. The SMILES string of the molecule is CC(C)n1ncc(NCCC2=CCCCC2)c(Cl)c1=O. The summed E-state index contributed by atoms with van der Waals surface area (Å²) in [5.74, 6) is 0. The highest BCUT2D eigenvalue weighted by molar-refractivity contribution is 6.32. The second-order valence-corrected chi connectivity index (χ2v) is 5.88. The molecule has 0 radical (unpaired) electrons. The van der Waals surface area contributed by atoms with Gasteiger partial charge in [0.05, 0.1) is 17.9 Å². The van der Waals surface area contributed by atoms with Gasteiger partial charge in [0, 0.05) is 6.54 Å². The van der Waals surface area contributed by atoms with Crippen LogP contribution in [0.2, 0.25) is 5.02 Å². The fourth-order valence-electron chi connectivity index (χ4n) is 2.43. The first kappa shape index (κ1) is 15.1. The molecular formula is C15H22ClN3O. The first-order valence-corrected chi connectivity index (χ1v) is 7.66. The predicted octanol–water partition coefficient (Wildman–Crippen LogP) is 3.78. The van der Waals surface area contributed by atoms with Crippen molar-refractivity contribution in [2.45, 2.75) is 52.0 Å². The molecule has 4 nitrogen and oxygen atoms in total. The summed E-state index contributed by atoms with van der Waals surface area (Å²) >= 11 is 6.11. The van der Waals surface area contributed by atoms with Crippen molar-refractivity contribution >= 4 is 17.3 Å². The van der Waals surface area contributed by atoms with Crippen LogP contribution in [0, 0.1) is 0 Å². The van der Waals surface area contributed by atoms with Crippen molar-refractivity contribution in [3.8, 4) is 0 Å². The molecule has 1 N–H and O–H groups in total. The van der Waals surface area contributed by atoms with Crippen LogP contribution in [0.5, 0.6) is 0 Å². The molecule has 2 rings (SSSR count). The molecule has 0 spiro atoms. The van der Waals surface area contributed by atoms with Gasteiger partial charge in [0.1, 0.15) is 5.02 Å².